The Morgan fingerprint density at radius 3 is 2.83 bits per heavy atom. The summed E-state index contributed by atoms with van der Waals surface area (Å²) in [7, 11) is 7.66. The first-order chi connectivity index (χ1) is 8.45. The lowest BCUT2D eigenvalue weighted by atomic mass is 10.1. The highest BCUT2D eigenvalue weighted by molar-refractivity contribution is 6.07. The molecule has 2 heterocycles. The molecule has 0 bridgehead atoms. The number of allylic oxidation sites excluding steroid dienone is 1. The summed E-state index contributed by atoms with van der Waals surface area (Å²) in [6.45, 7) is 1.94. The van der Waals surface area contributed by atoms with Crippen LogP contribution in [0.4, 0.5) is 0 Å². The Morgan fingerprint density at radius 1 is 1.50 bits per heavy atom. The van der Waals surface area contributed by atoms with Gasteiger partial charge in [0.15, 0.2) is 0 Å². The van der Waals surface area contributed by atoms with Gasteiger partial charge in [-0.2, -0.15) is 5.10 Å². The normalized spacial score (nSPS) is 25.3. The number of dihydropyridines is 1. The molecule has 2 aliphatic rings. The topological polar surface area (TPSA) is 55.5 Å². The van der Waals surface area contributed by atoms with Crippen LogP contribution in [0.5, 0.6) is 0 Å². The minimum Gasteiger partial charge on any atom is -0.308 e. The molecule has 0 saturated carbocycles. The zero-order valence-electron chi connectivity index (χ0n) is 11.4. The summed E-state index contributed by atoms with van der Waals surface area (Å²) >= 11 is 0. The number of aliphatic imine (C=N–C) groups is 1. The highest BCUT2D eigenvalue weighted by Crippen LogP contribution is 2.25. The monoisotopic (exact) mass is 251 g/mol. The van der Waals surface area contributed by atoms with Crippen LogP contribution in [-0.2, 0) is 4.84 Å². The van der Waals surface area contributed by atoms with E-state index in [2.05, 4.69) is 15.6 Å². The standard InChI is InChI=1S/C11H19N6O/c1-11-9(7-6-8-12-11)13-14-17(11)18-10(15(2)3)16(4)5/h6-8,14H,1-5H3/q+1. The molecule has 0 saturated heterocycles. The van der Waals surface area contributed by atoms with Gasteiger partial charge in [0.05, 0.1) is 28.2 Å². The van der Waals surface area contributed by atoms with Crippen molar-refractivity contribution in [2.75, 3.05) is 28.2 Å². The Labute approximate surface area is 107 Å². The molecule has 0 aliphatic carbocycles. The number of rotatable bonds is 1. The van der Waals surface area contributed by atoms with E-state index >= 15 is 0 Å². The molecular weight excluding hydrogens is 232 g/mol. The number of amidine groups is 1. The summed E-state index contributed by atoms with van der Waals surface area (Å²) in [5.41, 5.74) is 3.03. The van der Waals surface area contributed by atoms with Crippen molar-refractivity contribution in [2.45, 2.75) is 12.6 Å². The van der Waals surface area contributed by atoms with Gasteiger partial charge in [0.2, 0.25) is 5.66 Å². The lowest BCUT2D eigenvalue weighted by Crippen LogP contribution is -2.53. The van der Waals surface area contributed by atoms with E-state index in [-0.39, 0.29) is 0 Å². The van der Waals surface area contributed by atoms with Crippen molar-refractivity contribution in [3.05, 3.63) is 12.2 Å². The van der Waals surface area contributed by atoms with Gasteiger partial charge in [-0.3, -0.25) is 4.99 Å². The van der Waals surface area contributed by atoms with E-state index in [0.29, 0.717) is 6.02 Å². The second-order valence-corrected chi connectivity index (χ2v) is 4.71. The van der Waals surface area contributed by atoms with Crippen LogP contribution in [0.2, 0.25) is 0 Å². The SMILES string of the molecule is CN(C)C(ON1NN=C2C=CC=NC21C)=[N+](C)C. The number of nitrogens with one attached hydrogen (secondary N) is 1. The molecule has 98 valence electrons. The molecule has 0 aromatic heterocycles. The maximum absolute atomic E-state index is 5.84. The predicted octanol–water partition coefficient (Wildman–Crippen LogP) is -0.359. The third-order valence-electron chi connectivity index (χ3n) is 2.75. The van der Waals surface area contributed by atoms with Crippen LogP contribution in [0.15, 0.2) is 22.2 Å². The number of hydrazone groups is 1. The van der Waals surface area contributed by atoms with Gasteiger partial charge >= 0.3 is 6.02 Å². The maximum atomic E-state index is 5.84. The summed E-state index contributed by atoms with van der Waals surface area (Å²) in [6.07, 6.45) is 5.51. The van der Waals surface area contributed by atoms with Crippen molar-refractivity contribution in [1.29, 1.82) is 0 Å². The zero-order chi connectivity index (χ0) is 13.3. The van der Waals surface area contributed by atoms with Crippen molar-refractivity contribution in [2.24, 2.45) is 10.1 Å². The van der Waals surface area contributed by atoms with E-state index in [0.717, 1.165) is 5.71 Å². The second kappa shape index (κ2) is 4.41. The summed E-state index contributed by atoms with van der Waals surface area (Å²) < 4.78 is 1.88. The number of fused-ring (bicyclic) bond motifs is 1. The van der Waals surface area contributed by atoms with Gasteiger partial charge in [0, 0.05) is 11.4 Å². The molecule has 1 atom stereocenters. The molecule has 0 spiro atoms. The van der Waals surface area contributed by atoms with Crippen LogP contribution < -0.4 is 5.53 Å². The third-order valence-corrected chi connectivity index (χ3v) is 2.75. The number of hydroxylamine groups is 1. The molecule has 7 nitrogen and oxygen atoms in total. The van der Waals surface area contributed by atoms with Crippen LogP contribution in [0.25, 0.3) is 0 Å². The molecule has 1 N–H and O–H groups in total. The summed E-state index contributed by atoms with van der Waals surface area (Å²) in [5.74, 6) is 0. The van der Waals surface area contributed by atoms with Gasteiger partial charge in [-0.25, -0.2) is 15.0 Å². The van der Waals surface area contributed by atoms with Gasteiger partial charge in [-0.1, -0.05) is 0 Å². The number of hydrogen-bond acceptors (Lipinski definition) is 5. The molecule has 2 rings (SSSR count). The van der Waals surface area contributed by atoms with E-state index in [1.807, 2.05) is 56.7 Å². The first-order valence-corrected chi connectivity index (χ1v) is 5.70. The smallest absolute Gasteiger partial charge is 0.308 e. The molecule has 2 aliphatic heterocycles. The van der Waals surface area contributed by atoms with Crippen LogP contribution in [0, 0.1) is 0 Å². The summed E-state index contributed by atoms with van der Waals surface area (Å²) in [6, 6.07) is 0.685. The average molecular weight is 251 g/mol. The number of nitrogens with zero attached hydrogens (tertiary/aromatic N) is 5. The van der Waals surface area contributed by atoms with Crippen LogP contribution in [-0.4, -0.2) is 66.4 Å². The molecule has 0 radical (unpaired) electrons. The molecule has 0 aromatic rings. The predicted molar refractivity (Wildman–Crippen MR) is 70.3 cm³/mol. The Morgan fingerprint density at radius 2 is 2.22 bits per heavy atom. The Balaban J connectivity index is 2.21. The molecule has 18 heavy (non-hydrogen) atoms. The molecule has 1 unspecified atom stereocenters. The fourth-order valence-corrected chi connectivity index (χ4v) is 1.80. The minimum atomic E-state index is -0.633. The largest absolute Gasteiger partial charge is 0.466 e. The molecule has 0 amide bonds. The number of hydrogen-bond donors (Lipinski definition) is 1. The Hall–Kier alpha value is -1.89. The first kappa shape index (κ1) is 12.6. The highest BCUT2D eigenvalue weighted by Gasteiger charge is 2.45. The van der Waals surface area contributed by atoms with E-state index in [1.54, 1.807) is 6.21 Å². The van der Waals surface area contributed by atoms with E-state index in [4.69, 9.17) is 4.84 Å². The van der Waals surface area contributed by atoms with Crippen molar-refractivity contribution in [3.63, 3.8) is 0 Å². The second-order valence-electron chi connectivity index (χ2n) is 4.71. The average Bonchev–Trinajstić information content (AvgIpc) is 2.62. The van der Waals surface area contributed by atoms with Crippen molar-refractivity contribution < 1.29 is 9.41 Å². The number of hydrazine groups is 1. The first-order valence-electron chi connectivity index (χ1n) is 5.70. The summed E-state index contributed by atoms with van der Waals surface area (Å²) in [5, 5.41) is 5.74. The van der Waals surface area contributed by atoms with Gasteiger partial charge in [-0.15, -0.1) is 0 Å². The quantitative estimate of drug-likeness (QED) is 0.393. The minimum absolute atomic E-state index is 0.633. The lowest BCUT2D eigenvalue weighted by molar-refractivity contribution is -0.488. The maximum Gasteiger partial charge on any atom is 0.466 e. The van der Waals surface area contributed by atoms with Crippen LogP contribution in [0.1, 0.15) is 6.92 Å². The molecule has 7 heteroatoms. The Kier molecular flexibility index (Phi) is 3.08. The molecular formula is C11H19N6O+. The van der Waals surface area contributed by atoms with E-state index < -0.39 is 5.66 Å². The van der Waals surface area contributed by atoms with Gasteiger partial charge in [0.25, 0.3) is 0 Å². The summed E-state index contributed by atoms with van der Waals surface area (Å²) in [4.78, 5) is 12.1. The van der Waals surface area contributed by atoms with Crippen LogP contribution >= 0.6 is 0 Å². The molecule has 0 fully saturated rings. The highest BCUT2D eigenvalue weighted by atomic mass is 16.7. The van der Waals surface area contributed by atoms with Crippen LogP contribution in [0.3, 0.4) is 0 Å². The zero-order valence-corrected chi connectivity index (χ0v) is 11.4. The van der Waals surface area contributed by atoms with Crippen molar-refractivity contribution in [3.8, 4) is 0 Å². The Bertz CT molecular complexity index is 460. The third kappa shape index (κ3) is 1.97. The van der Waals surface area contributed by atoms with Crippen molar-refractivity contribution >= 4 is 17.9 Å². The lowest BCUT2D eigenvalue weighted by Gasteiger charge is -2.29. The molecule has 0 aromatic carbocycles. The fraction of sp³-hybridized carbons (Fsp3) is 0.545. The van der Waals surface area contributed by atoms with E-state index in [9.17, 15) is 0 Å². The van der Waals surface area contributed by atoms with E-state index in [1.165, 1.54) is 5.17 Å². The van der Waals surface area contributed by atoms with Gasteiger partial charge < -0.3 is 4.84 Å². The van der Waals surface area contributed by atoms with Gasteiger partial charge in [-0.05, 0) is 19.1 Å². The fourth-order valence-electron chi connectivity index (χ4n) is 1.80. The van der Waals surface area contributed by atoms with Gasteiger partial charge in [0.1, 0.15) is 5.71 Å². The van der Waals surface area contributed by atoms with Crippen molar-refractivity contribution in [1.82, 2.24) is 15.6 Å².